The zero-order chi connectivity index (χ0) is 21.4. The number of aromatic nitrogens is 1. The molecule has 0 amide bonds. The lowest BCUT2D eigenvalue weighted by Crippen LogP contribution is -2.45. The number of nitrogens with zero attached hydrogens (tertiary/aromatic N) is 1. The number of aliphatic imine (C=N–C) groups is 1. The average Bonchev–Trinajstić information content (AvgIpc) is 3.10. The summed E-state index contributed by atoms with van der Waals surface area (Å²) in [4.78, 5) is 7.76. The number of nitrogens with one attached hydrogen (secondary N) is 3. The molecular formula is C22H36N4O3. The molecule has 0 aliphatic heterocycles. The predicted octanol–water partition coefficient (Wildman–Crippen LogP) is 3.34. The Balaban J connectivity index is 1.86. The molecule has 1 heterocycles. The zero-order valence-corrected chi connectivity index (χ0v) is 18.8. The van der Waals surface area contributed by atoms with Crippen molar-refractivity contribution in [3.8, 4) is 11.5 Å². The molecule has 0 saturated heterocycles. The molecule has 1 atom stereocenters. The van der Waals surface area contributed by atoms with Crippen LogP contribution in [0.15, 0.2) is 23.2 Å². The Hall–Kier alpha value is -2.41. The van der Waals surface area contributed by atoms with Gasteiger partial charge in [-0.3, -0.25) is 4.99 Å². The zero-order valence-electron chi connectivity index (χ0n) is 18.8. The van der Waals surface area contributed by atoms with Crippen LogP contribution in [0.2, 0.25) is 0 Å². The van der Waals surface area contributed by atoms with Crippen LogP contribution < -0.4 is 20.1 Å². The SMILES string of the molecule is CN=C(NCCCc1cc2c(OC)cc(OC)cc2[nH]1)NCC(OC)C(C)(C)C. The van der Waals surface area contributed by atoms with Gasteiger partial charge in [0.25, 0.3) is 0 Å². The topological polar surface area (TPSA) is 79.9 Å². The molecule has 0 aliphatic carbocycles. The Bertz CT molecular complexity index is 808. The molecule has 7 heteroatoms. The highest BCUT2D eigenvalue weighted by atomic mass is 16.5. The van der Waals surface area contributed by atoms with Crippen molar-refractivity contribution >= 4 is 16.9 Å². The van der Waals surface area contributed by atoms with Crippen LogP contribution in [0.5, 0.6) is 11.5 Å². The van der Waals surface area contributed by atoms with Gasteiger partial charge in [0.15, 0.2) is 5.96 Å². The molecule has 3 N–H and O–H groups in total. The average molecular weight is 405 g/mol. The Kier molecular flexibility index (Phi) is 8.20. The molecular weight excluding hydrogens is 368 g/mol. The second-order valence-corrected chi connectivity index (χ2v) is 8.16. The summed E-state index contributed by atoms with van der Waals surface area (Å²) in [6.07, 6.45) is 2.01. The Morgan fingerprint density at radius 3 is 2.45 bits per heavy atom. The Morgan fingerprint density at radius 1 is 1.10 bits per heavy atom. The minimum atomic E-state index is 0.0694. The van der Waals surface area contributed by atoms with Crippen LogP contribution in [0.1, 0.15) is 32.9 Å². The van der Waals surface area contributed by atoms with E-state index in [1.54, 1.807) is 28.4 Å². The molecule has 2 aromatic rings. The van der Waals surface area contributed by atoms with E-state index in [4.69, 9.17) is 14.2 Å². The third kappa shape index (κ3) is 6.29. The molecule has 7 nitrogen and oxygen atoms in total. The van der Waals surface area contributed by atoms with Gasteiger partial charge in [0, 0.05) is 50.5 Å². The quantitative estimate of drug-likeness (QED) is 0.339. The van der Waals surface area contributed by atoms with Crippen molar-refractivity contribution in [2.75, 3.05) is 41.5 Å². The van der Waals surface area contributed by atoms with Gasteiger partial charge in [0.2, 0.25) is 0 Å². The molecule has 1 unspecified atom stereocenters. The molecule has 0 fully saturated rings. The van der Waals surface area contributed by atoms with Crippen LogP contribution in [0.4, 0.5) is 0 Å². The summed E-state index contributed by atoms with van der Waals surface area (Å²) in [6.45, 7) is 8.05. The third-order valence-electron chi connectivity index (χ3n) is 5.03. The molecule has 0 aliphatic rings. The van der Waals surface area contributed by atoms with E-state index in [9.17, 15) is 0 Å². The third-order valence-corrected chi connectivity index (χ3v) is 5.03. The van der Waals surface area contributed by atoms with Crippen LogP contribution in [-0.4, -0.2) is 58.5 Å². The summed E-state index contributed by atoms with van der Waals surface area (Å²) in [5.41, 5.74) is 2.26. The van der Waals surface area contributed by atoms with Crippen LogP contribution >= 0.6 is 0 Å². The second-order valence-electron chi connectivity index (χ2n) is 8.16. The van der Waals surface area contributed by atoms with Gasteiger partial charge >= 0.3 is 0 Å². The van der Waals surface area contributed by atoms with Crippen molar-refractivity contribution in [2.45, 2.75) is 39.7 Å². The van der Waals surface area contributed by atoms with Gasteiger partial charge in [0.05, 0.1) is 25.8 Å². The summed E-state index contributed by atoms with van der Waals surface area (Å²) < 4.78 is 16.4. The lowest BCUT2D eigenvalue weighted by atomic mass is 9.89. The molecule has 162 valence electrons. The van der Waals surface area contributed by atoms with Crippen LogP contribution in [-0.2, 0) is 11.2 Å². The Labute approximate surface area is 174 Å². The highest BCUT2D eigenvalue weighted by molar-refractivity contribution is 5.88. The number of H-pyrrole nitrogens is 1. The molecule has 0 bridgehead atoms. The van der Waals surface area contributed by atoms with Crippen molar-refractivity contribution in [1.29, 1.82) is 0 Å². The van der Waals surface area contributed by atoms with Gasteiger partial charge in [-0.1, -0.05) is 20.8 Å². The number of benzene rings is 1. The number of methoxy groups -OCH3 is 3. The van der Waals surface area contributed by atoms with Gasteiger partial charge < -0.3 is 29.8 Å². The molecule has 29 heavy (non-hydrogen) atoms. The first kappa shape index (κ1) is 22.9. The first-order valence-electron chi connectivity index (χ1n) is 10.0. The van der Waals surface area contributed by atoms with Crippen molar-refractivity contribution < 1.29 is 14.2 Å². The molecule has 0 radical (unpaired) electrons. The van der Waals surface area contributed by atoms with E-state index in [2.05, 4.69) is 47.4 Å². The van der Waals surface area contributed by atoms with E-state index < -0.39 is 0 Å². The van der Waals surface area contributed by atoms with Crippen LogP contribution in [0, 0.1) is 5.41 Å². The minimum Gasteiger partial charge on any atom is -0.497 e. The number of hydrogen-bond donors (Lipinski definition) is 3. The van der Waals surface area contributed by atoms with Gasteiger partial charge in [-0.2, -0.15) is 0 Å². The highest BCUT2D eigenvalue weighted by Gasteiger charge is 2.24. The number of guanidine groups is 1. The normalized spacial score (nSPS) is 13.4. The predicted molar refractivity (Wildman–Crippen MR) is 119 cm³/mol. The lowest BCUT2D eigenvalue weighted by molar-refractivity contribution is 0.0205. The minimum absolute atomic E-state index is 0.0694. The van der Waals surface area contributed by atoms with Crippen LogP contribution in [0.25, 0.3) is 10.9 Å². The van der Waals surface area contributed by atoms with E-state index in [0.717, 1.165) is 47.7 Å². The summed E-state index contributed by atoms with van der Waals surface area (Å²) in [5, 5.41) is 7.79. The molecule has 0 spiro atoms. The first-order valence-corrected chi connectivity index (χ1v) is 10.0. The number of fused-ring (bicyclic) bond motifs is 1. The molecule has 0 saturated carbocycles. The van der Waals surface area contributed by atoms with Crippen molar-refractivity contribution in [3.05, 3.63) is 23.9 Å². The van der Waals surface area contributed by atoms with E-state index in [1.165, 1.54) is 5.69 Å². The van der Waals surface area contributed by atoms with E-state index in [0.29, 0.717) is 6.54 Å². The maximum absolute atomic E-state index is 5.59. The second kappa shape index (κ2) is 10.4. The van der Waals surface area contributed by atoms with Crippen molar-refractivity contribution in [3.63, 3.8) is 0 Å². The van der Waals surface area contributed by atoms with Gasteiger partial charge in [-0.25, -0.2) is 0 Å². The number of aryl methyl sites for hydroxylation is 1. The standard InChI is InChI=1S/C22H36N4O3/c1-22(2,3)20(29-7)14-25-21(23-4)24-10-8-9-15-11-17-18(26-15)12-16(27-5)13-19(17)28-6/h11-13,20,26H,8-10,14H2,1-7H3,(H2,23,24,25). The van der Waals surface area contributed by atoms with Gasteiger partial charge in [-0.05, 0) is 24.3 Å². The van der Waals surface area contributed by atoms with Crippen molar-refractivity contribution in [1.82, 2.24) is 15.6 Å². The smallest absolute Gasteiger partial charge is 0.191 e. The summed E-state index contributed by atoms with van der Waals surface area (Å²) in [5.74, 6) is 2.39. The summed E-state index contributed by atoms with van der Waals surface area (Å²) in [7, 11) is 6.87. The van der Waals surface area contributed by atoms with E-state index >= 15 is 0 Å². The summed E-state index contributed by atoms with van der Waals surface area (Å²) >= 11 is 0. The number of hydrogen-bond acceptors (Lipinski definition) is 4. The van der Waals surface area contributed by atoms with Gasteiger partial charge in [0.1, 0.15) is 11.5 Å². The monoisotopic (exact) mass is 404 g/mol. The highest BCUT2D eigenvalue weighted by Crippen LogP contribution is 2.31. The number of aromatic amines is 1. The largest absolute Gasteiger partial charge is 0.497 e. The maximum atomic E-state index is 5.59. The molecule has 1 aromatic carbocycles. The number of rotatable bonds is 9. The molecule has 1 aromatic heterocycles. The van der Waals surface area contributed by atoms with E-state index in [-0.39, 0.29) is 11.5 Å². The number of ether oxygens (including phenoxy) is 3. The fraction of sp³-hybridized carbons (Fsp3) is 0.591. The first-order chi connectivity index (χ1) is 13.8. The van der Waals surface area contributed by atoms with Crippen LogP contribution in [0.3, 0.4) is 0 Å². The maximum Gasteiger partial charge on any atom is 0.191 e. The van der Waals surface area contributed by atoms with Crippen molar-refractivity contribution in [2.24, 2.45) is 10.4 Å². The molecule has 2 rings (SSSR count). The van der Waals surface area contributed by atoms with Gasteiger partial charge in [-0.15, -0.1) is 0 Å². The van der Waals surface area contributed by atoms with E-state index in [1.807, 2.05) is 12.1 Å². The summed E-state index contributed by atoms with van der Waals surface area (Å²) in [6, 6.07) is 6.04. The Morgan fingerprint density at radius 2 is 1.86 bits per heavy atom. The fourth-order valence-corrected chi connectivity index (χ4v) is 3.30. The lowest BCUT2D eigenvalue weighted by Gasteiger charge is -2.30. The fourth-order valence-electron chi connectivity index (χ4n) is 3.30.